The summed E-state index contributed by atoms with van der Waals surface area (Å²) in [5.74, 6) is 6.15. The number of amidine groups is 1. The van der Waals surface area contributed by atoms with E-state index in [1.54, 1.807) is 6.26 Å². The molecule has 84 valence electrons. The average Bonchev–Trinajstić information content (AvgIpc) is 2.75. The van der Waals surface area contributed by atoms with Crippen LogP contribution in [0.3, 0.4) is 0 Å². The van der Waals surface area contributed by atoms with Gasteiger partial charge in [0.05, 0.1) is 5.56 Å². The van der Waals surface area contributed by atoms with Crippen LogP contribution in [0.2, 0.25) is 0 Å². The van der Waals surface area contributed by atoms with Crippen molar-refractivity contribution in [3.63, 3.8) is 0 Å². The van der Waals surface area contributed by atoms with Crippen molar-refractivity contribution >= 4 is 16.8 Å². The van der Waals surface area contributed by atoms with Crippen LogP contribution in [-0.2, 0) is 0 Å². The van der Waals surface area contributed by atoms with E-state index >= 15 is 0 Å². The monoisotopic (exact) mass is 217 g/mol. The molecule has 4 nitrogen and oxygen atoms in total. The number of aliphatic imine (C=N–C) groups is 1. The van der Waals surface area contributed by atoms with Crippen molar-refractivity contribution in [2.24, 2.45) is 10.8 Å². The minimum Gasteiger partial charge on any atom is -0.464 e. The van der Waals surface area contributed by atoms with Crippen LogP contribution in [0, 0.1) is 0 Å². The third kappa shape index (κ3) is 1.92. The topological polar surface area (TPSA) is 63.5 Å². The van der Waals surface area contributed by atoms with E-state index in [-0.39, 0.29) is 0 Å². The van der Waals surface area contributed by atoms with E-state index in [0.29, 0.717) is 5.84 Å². The molecule has 2 rings (SSSR count). The van der Waals surface area contributed by atoms with Gasteiger partial charge < -0.3 is 9.84 Å². The fourth-order valence-corrected chi connectivity index (χ4v) is 1.59. The molecular weight excluding hydrogens is 202 g/mol. The Morgan fingerprint density at radius 2 is 2.25 bits per heavy atom. The van der Waals surface area contributed by atoms with Gasteiger partial charge in [0, 0.05) is 11.9 Å². The molecule has 16 heavy (non-hydrogen) atoms. The third-order valence-corrected chi connectivity index (χ3v) is 2.37. The lowest BCUT2D eigenvalue weighted by Crippen LogP contribution is -2.31. The number of hydrogen-bond donors (Lipinski definition) is 2. The van der Waals surface area contributed by atoms with Gasteiger partial charge in [0.25, 0.3) is 0 Å². The molecular formula is C12H15N3O. The van der Waals surface area contributed by atoms with Crippen molar-refractivity contribution in [1.82, 2.24) is 5.43 Å². The number of nitrogens with one attached hydrogen (secondary N) is 1. The zero-order chi connectivity index (χ0) is 11.4. The van der Waals surface area contributed by atoms with Crippen LogP contribution in [0.1, 0.15) is 18.9 Å². The largest absolute Gasteiger partial charge is 0.464 e. The summed E-state index contributed by atoms with van der Waals surface area (Å²) < 4.78 is 5.44. The molecule has 0 aliphatic heterocycles. The summed E-state index contributed by atoms with van der Waals surface area (Å²) >= 11 is 0. The van der Waals surface area contributed by atoms with Crippen LogP contribution in [0.15, 0.2) is 39.9 Å². The fourth-order valence-electron chi connectivity index (χ4n) is 1.59. The summed E-state index contributed by atoms with van der Waals surface area (Å²) in [6.07, 6.45) is 2.67. The zero-order valence-electron chi connectivity index (χ0n) is 9.23. The molecule has 0 aliphatic carbocycles. The van der Waals surface area contributed by atoms with Gasteiger partial charge in [-0.3, -0.25) is 4.99 Å². The molecule has 0 saturated carbocycles. The quantitative estimate of drug-likeness (QED) is 0.358. The number of rotatable bonds is 3. The van der Waals surface area contributed by atoms with Crippen LogP contribution in [0.4, 0.5) is 0 Å². The molecule has 0 fully saturated rings. The normalized spacial score (nSPS) is 12.0. The number of nitrogens with zero attached hydrogens (tertiary/aromatic N) is 1. The van der Waals surface area contributed by atoms with E-state index in [2.05, 4.69) is 17.3 Å². The summed E-state index contributed by atoms with van der Waals surface area (Å²) in [7, 11) is 0. The number of furan rings is 1. The molecule has 4 heteroatoms. The zero-order valence-corrected chi connectivity index (χ0v) is 9.23. The van der Waals surface area contributed by atoms with Crippen LogP contribution >= 0.6 is 0 Å². The van der Waals surface area contributed by atoms with Crippen molar-refractivity contribution in [2.75, 3.05) is 6.54 Å². The van der Waals surface area contributed by atoms with Gasteiger partial charge in [-0.25, -0.2) is 5.84 Å². The number of hydrogen-bond acceptors (Lipinski definition) is 3. The Kier molecular flexibility index (Phi) is 3.22. The second-order valence-corrected chi connectivity index (χ2v) is 3.52. The Morgan fingerprint density at radius 1 is 1.44 bits per heavy atom. The maximum atomic E-state index is 5.47. The second-order valence-electron chi connectivity index (χ2n) is 3.52. The molecule has 0 bridgehead atoms. The number of hydrazine groups is 1. The van der Waals surface area contributed by atoms with Crippen LogP contribution in [-0.4, -0.2) is 12.4 Å². The summed E-state index contributed by atoms with van der Waals surface area (Å²) in [5, 5.41) is 1.02. The predicted molar refractivity (Wildman–Crippen MR) is 65.2 cm³/mol. The summed E-state index contributed by atoms with van der Waals surface area (Å²) in [5.41, 5.74) is 4.37. The molecule has 0 amide bonds. The van der Waals surface area contributed by atoms with Crippen molar-refractivity contribution in [1.29, 1.82) is 0 Å². The highest BCUT2D eigenvalue weighted by molar-refractivity contribution is 6.08. The molecule has 2 aromatic rings. The predicted octanol–water partition coefficient (Wildman–Crippen LogP) is 2.05. The number of fused-ring (bicyclic) bond motifs is 1. The SMILES string of the molecule is CCCN=C(NN)c1coc2ccccc12. The van der Waals surface area contributed by atoms with Gasteiger partial charge in [-0.15, -0.1) is 0 Å². The van der Waals surface area contributed by atoms with E-state index in [4.69, 9.17) is 10.3 Å². The standard InChI is InChI=1S/C12H15N3O/c1-2-7-14-12(15-13)10-8-16-11-6-4-3-5-9(10)11/h3-6,8H,2,7,13H2,1H3,(H,14,15). The minimum atomic E-state index is 0.673. The highest BCUT2D eigenvalue weighted by atomic mass is 16.3. The molecule has 1 heterocycles. The van der Waals surface area contributed by atoms with Crippen LogP contribution in [0.25, 0.3) is 11.0 Å². The van der Waals surface area contributed by atoms with Crippen molar-refractivity contribution in [3.8, 4) is 0 Å². The summed E-state index contributed by atoms with van der Waals surface area (Å²) in [6, 6.07) is 7.82. The molecule has 0 unspecified atom stereocenters. The highest BCUT2D eigenvalue weighted by Crippen LogP contribution is 2.20. The number of nitrogens with two attached hydrogens (primary N) is 1. The highest BCUT2D eigenvalue weighted by Gasteiger charge is 2.09. The van der Waals surface area contributed by atoms with E-state index in [1.807, 2.05) is 24.3 Å². The molecule has 0 saturated heterocycles. The smallest absolute Gasteiger partial charge is 0.146 e. The lowest BCUT2D eigenvalue weighted by molar-refractivity contribution is 0.614. The van der Waals surface area contributed by atoms with Crippen LogP contribution < -0.4 is 11.3 Å². The molecule has 0 aliphatic rings. The van der Waals surface area contributed by atoms with Gasteiger partial charge in [-0.1, -0.05) is 25.1 Å². The van der Waals surface area contributed by atoms with Crippen molar-refractivity contribution in [2.45, 2.75) is 13.3 Å². The molecule has 1 aromatic heterocycles. The Bertz CT molecular complexity index is 502. The first-order valence-electron chi connectivity index (χ1n) is 5.34. The Balaban J connectivity index is 2.45. The van der Waals surface area contributed by atoms with Gasteiger partial charge in [0.1, 0.15) is 17.7 Å². The summed E-state index contributed by atoms with van der Waals surface area (Å²) in [4.78, 5) is 4.37. The van der Waals surface area contributed by atoms with E-state index in [0.717, 1.165) is 29.5 Å². The van der Waals surface area contributed by atoms with Gasteiger partial charge in [0.2, 0.25) is 0 Å². The lowest BCUT2D eigenvalue weighted by atomic mass is 10.1. The number of benzene rings is 1. The molecule has 0 radical (unpaired) electrons. The molecule has 0 spiro atoms. The Hall–Kier alpha value is -1.81. The maximum Gasteiger partial charge on any atom is 0.146 e. The lowest BCUT2D eigenvalue weighted by Gasteiger charge is -2.02. The first-order valence-corrected chi connectivity index (χ1v) is 5.34. The summed E-state index contributed by atoms with van der Waals surface area (Å²) in [6.45, 7) is 2.82. The first kappa shape index (κ1) is 10.7. The van der Waals surface area contributed by atoms with Gasteiger partial charge in [-0.2, -0.15) is 0 Å². The van der Waals surface area contributed by atoms with Gasteiger partial charge >= 0.3 is 0 Å². The molecule has 0 atom stereocenters. The van der Waals surface area contributed by atoms with E-state index < -0.39 is 0 Å². The van der Waals surface area contributed by atoms with Crippen molar-refractivity contribution < 1.29 is 4.42 Å². The molecule has 3 N–H and O–H groups in total. The minimum absolute atomic E-state index is 0.673. The van der Waals surface area contributed by atoms with E-state index in [1.165, 1.54) is 0 Å². The Labute approximate surface area is 94.1 Å². The average molecular weight is 217 g/mol. The van der Waals surface area contributed by atoms with Crippen molar-refractivity contribution in [3.05, 3.63) is 36.1 Å². The van der Waals surface area contributed by atoms with E-state index in [9.17, 15) is 0 Å². The first-order chi connectivity index (χ1) is 7.86. The van der Waals surface area contributed by atoms with Crippen LogP contribution in [0.5, 0.6) is 0 Å². The Morgan fingerprint density at radius 3 is 3.00 bits per heavy atom. The van der Waals surface area contributed by atoms with Gasteiger partial charge in [-0.05, 0) is 12.5 Å². The fraction of sp³-hybridized carbons (Fsp3) is 0.250. The maximum absolute atomic E-state index is 5.47. The number of para-hydroxylation sites is 1. The molecule has 1 aromatic carbocycles. The second kappa shape index (κ2) is 4.81. The third-order valence-electron chi connectivity index (χ3n) is 2.37. The van der Waals surface area contributed by atoms with Gasteiger partial charge in [0.15, 0.2) is 0 Å².